The molecule has 3 N–H and O–H groups in total. The molecule has 4 amide bonds. The zero-order valence-electron chi connectivity index (χ0n) is 17.7. The van der Waals surface area contributed by atoms with Crippen LogP contribution in [0.5, 0.6) is 0 Å². The normalized spacial score (nSPS) is 22.3. The molecular weight excluding hydrogens is 428 g/mol. The number of nitrogens with one attached hydrogen (secondary N) is 3. The zero-order valence-corrected chi connectivity index (χ0v) is 18.6. The fourth-order valence-electron chi connectivity index (χ4n) is 4.00. The minimum absolute atomic E-state index is 0.104. The largest absolute Gasteiger partial charge is 0.374 e. The van der Waals surface area contributed by atoms with Crippen LogP contribution in [0.3, 0.4) is 0 Å². The Morgan fingerprint density at radius 1 is 1.19 bits per heavy atom. The second-order valence-electron chi connectivity index (χ2n) is 7.83. The van der Waals surface area contributed by atoms with Gasteiger partial charge < -0.3 is 25.6 Å². The Hall–Kier alpha value is -3.04. The van der Waals surface area contributed by atoms with E-state index in [0.717, 1.165) is 10.5 Å². The Kier molecular flexibility index (Phi) is 6.96. The summed E-state index contributed by atoms with van der Waals surface area (Å²) in [6.07, 6.45) is 2.35. The standard InChI is InChI=1S/C23H26N4O4S/c1-32-18-9-5-8-16(10-18)24-23(30)25-17-11-20-21(28)26-19(22(29)27(20)12-17)14-31-13-15-6-3-2-4-7-15/h2-10,17,19-20H,11-14H2,1H3,(H,26,28)(H2,24,25,30)/t17-,19-,20-/m0/s1. The predicted molar refractivity (Wildman–Crippen MR) is 122 cm³/mol. The maximum absolute atomic E-state index is 12.9. The van der Waals surface area contributed by atoms with Gasteiger partial charge in [0.15, 0.2) is 0 Å². The third-order valence-corrected chi connectivity index (χ3v) is 6.29. The van der Waals surface area contributed by atoms with Crippen molar-refractivity contribution in [2.24, 2.45) is 0 Å². The highest BCUT2D eigenvalue weighted by atomic mass is 32.2. The molecule has 4 rings (SSSR count). The van der Waals surface area contributed by atoms with Gasteiger partial charge in [-0.15, -0.1) is 11.8 Å². The lowest BCUT2D eigenvalue weighted by Gasteiger charge is -2.34. The van der Waals surface area contributed by atoms with E-state index in [-0.39, 0.29) is 30.5 Å². The van der Waals surface area contributed by atoms with Crippen LogP contribution in [-0.2, 0) is 20.9 Å². The number of hydrogen-bond donors (Lipinski definition) is 3. The van der Waals surface area contributed by atoms with Crippen LogP contribution in [0, 0.1) is 0 Å². The van der Waals surface area contributed by atoms with Gasteiger partial charge in [-0.05, 0) is 36.4 Å². The van der Waals surface area contributed by atoms with Gasteiger partial charge in [0.2, 0.25) is 11.8 Å². The van der Waals surface area contributed by atoms with Crippen LogP contribution < -0.4 is 16.0 Å². The molecule has 8 nitrogen and oxygen atoms in total. The van der Waals surface area contributed by atoms with Crippen LogP contribution in [0.2, 0.25) is 0 Å². The number of nitrogens with zero attached hydrogens (tertiary/aromatic N) is 1. The van der Waals surface area contributed by atoms with Crippen molar-refractivity contribution in [1.82, 2.24) is 15.5 Å². The Bertz CT molecular complexity index is 987. The van der Waals surface area contributed by atoms with E-state index in [2.05, 4.69) is 16.0 Å². The van der Waals surface area contributed by atoms with Gasteiger partial charge in [0.05, 0.1) is 19.3 Å². The van der Waals surface area contributed by atoms with Crippen LogP contribution in [-0.4, -0.2) is 60.3 Å². The topological polar surface area (TPSA) is 99.8 Å². The number of rotatable bonds is 7. The summed E-state index contributed by atoms with van der Waals surface area (Å²) in [5.41, 5.74) is 1.69. The van der Waals surface area contributed by atoms with Gasteiger partial charge in [0.25, 0.3) is 0 Å². The van der Waals surface area contributed by atoms with Crippen molar-refractivity contribution in [3.8, 4) is 0 Å². The minimum Gasteiger partial charge on any atom is -0.374 e. The summed E-state index contributed by atoms with van der Waals surface area (Å²) in [6, 6.07) is 15.2. The van der Waals surface area contributed by atoms with Crippen molar-refractivity contribution in [3.05, 3.63) is 60.2 Å². The lowest BCUT2D eigenvalue weighted by atomic mass is 10.1. The number of thioether (sulfide) groups is 1. The number of fused-ring (bicyclic) bond motifs is 1. The number of carbonyl (C=O) groups excluding carboxylic acids is 3. The van der Waals surface area contributed by atoms with Gasteiger partial charge in [-0.3, -0.25) is 9.59 Å². The molecule has 3 atom stereocenters. The van der Waals surface area contributed by atoms with E-state index in [1.54, 1.807) is 16.7 Å². The third kappa shape index (κ3) is 5.23. The summed E-state index contributed by atoms with van der Waals surface area (Å²) in [6.45, 7) is 0.767. The molecule has 168 valence electrons. The number of amides is 4. The lowest BCUT2D eigenvalue weighted by Crippen LogP contribution is -2.62. The molecule has 0 unspecified atom stereocenters. The molecule has 9 heteroatoms. The van der Waals surface area contributed by atoms with Crippen LogP contribution in [0.15, 0.2) is 59.5 Å². The maximum atomic E-state index is 12.9. The first-order valence-corrected chi connectivity index (χ1v) is 11.7. The Balaban J connectivity index is 1.29. The van der Waals surface area contributed by atoms with E-state index in [9.17, 15) is 14.4 Å². The molecule has 0 radical (unpaired) electrons. The van der Waals surface area contributed by atoms with E-state index < -0.39 is 12.1 Å². The maximum Gasteiger partial charge on any atom is 0.319 e. The van der Waals surface area contributed by atoms with Gasteiger partial charge in [-0.25, -0.2) is 4.79 Å². The number of anilines is 1. The molecule has 2 aromatic carbocycles. The molecule has 2 heterocycles. The monoisotopic (exact) mass is 454 g/mol. The molecular formula is C23H26N4O4S. The average Bonchev–Trinajstić information content (AvgIpc) is 3.22. The highest BCUT2D eigenvalue weighted by Crippen LogP contribution is 2.23. The van der Waals surface area contributed by atoms with Gasteiger partial charge in [-0.1, -0.05) is 36.4 Å². The van der Waals surface area contributed by atoms with Crippen LogP contribution in [0.1, 0.15) is 12.0 Å². The van der Waals surface area contributed by atoms with Crippen molar-refractivity contribution in [2.75, 3.05) is 24.7 Å². The molecule has 0 saturated carbocycles. The molecule has 0 aliphatic carbocycles. The first-order valence-electron chi connectivity index (χ1n) is 10.5. The lowest BCUT2D eigenvalue weighted by molar-refractivity contribution is -0.148. The number of benzene rings is 2. The number of ether oxygens (including phenoxy) is 1. The van der Waals surface area contributed by atoms with Gasteiger partial charge >= 0.3 is 6.03 Å². The fourth-order valence-corrected chi connectivity index (χ4v) is 4.46. The minimum atomic E-state index is -0.718. The van der Waals surface area contributed by atoms with E-state index in [4.69, 9.17) is 4.74 Å². The zero-order chi connectivity index (χ0) is 22.5. The summed E-state index contributed by atoms with van der Waals surface area (Å²) >= 11 is 1.59. The van der Waals surface area contributed by atoms with Crippen LogP contribution >= 0.6 is 11.8 Å². The summed E-state index contributed by atoms with van der Waals surface area (Å²) in [5, 5.41) is 8.46. The Labute approximate surface area is 191 Å². The summed E-state index contributed by atoms with van der Waals surface area (Å²) < 4.78 is 5.66. The van der Waals surface area contributed by atoms with Crippen LogP contribution in [0.25, 0.3) is 0 Å². The van der Waals surface area contributed by atoms with Crippen LogP contribution in [0.4, 0.5) is 10.5 Å². The molecule has 0 aromatic heterocycles. The molecule has 2 aliphatic rings. The smallest absolute Gasteiger partial charge is 0.319 e. The van der Waals surface area contributed by atoms with Crippen molar-refractivity contribution in [1.29, 1.82) is 0 Å². The summed E-state index contributed by atoms with van der Waals surface area (Å²) in [7, 11) is 0. The van der Waals surface area contributed by atoms with Crippen molar-refractivity contribution in [3.63, 3.8) is 0 Å². The molecule has 0 bridgehead atoms. The molecule has 2 fully saturated rings. The van der Waals surface area contributed by atoms with Crippen molar-refractivity contribution >= 4 is 35.3 Å². The average molecular weight is 455 g/mol. The SMILES string of the molecule is CSc1cccc(NC(=O)N[C@H]2C[C@H]3C(=O)N[C@@H](COCc4ccccc4)C(=O)N3C2)c1. The summed E-state index contributed by atoms with van der Waals surface area (Å²) in [5.74, 6) is -0.393. The third-order valence-electron chi connectivity index (χ3n) is 5.56. The van der Waals surface area contributed by atoms with Gasteiger partial charge in [0.1, 0.15) is 12.1 Å². The molecule has 2 saturated heterocycles. The second kappa shape index (κ2) is 10.1. The van der Waals surface area contributed by atoms with E-state index in [1.165, 1.54) is 0 Å². The highest BCUT2D eigenvalue weighted by molar-refractivity contribution is 7.98. The fraction of sp³-hybridized carbons (Fsp3) is 0.348. The van der Waals surface area contributed by atoms with E-state index in [1.807, 2.05) is 60.9 Å². The number of piperazine rings is 1. The molecule has 2 aliphatic heterocycles. The number of hydrogen-bond acceptors (Lipinski definition) is 5. The van der Waals surface area contributed by atoms with Gasteiger partial charge in [0, 0.05) is 17.1 Å². The summed E-state index contributed by atoms with van der Waals surface area (Å²) in [4.78, 5) is 40.5. The molecule has 2 aromatic rings. The number of urea groups is 1. The number of carbonyl (C=O) groups is 3. The van der Waals surface area contributed by atoms with Crippen molar-refractivity contribution < 1.29 is 19.1 Å². The first kappa shape index (κ1) is 22.2. The van der Waals surface area contributed by atoms with Gasteiger partial charge in [-0.2, -0.15) is 0 Å². The second-order valence-corrected chi connectivity index (χ2v) is 8.71. The highest BCUT2D eigenvalue weighted by Gasteiger charge is 2.46. The predicted octanol–water partition coefficient (Wildman–Crippen LogP) is 2.21. The quantitative estimate of drug-likeness (QED) is 0.557. The molecule has 32 heavy (non-hydrogen) atoms. The molecule has 0 spiro atoms. The first-order chi connectivity index (χ1) is 15.5. The van der Waals surface area contributed by atoms with E-state index in [0.29, 0.717) is 25.3 Å². The Morgan fingerprint density at radius 2 is 2.00 bits per heavy atom. The van der Waals surface area contributed by atoms with E-state index >= 15 is 0 Å². The Morgan fingerprint density at radius 3 is 2.78 bits per heavy atom. The van der Waals surface area contributed by atoms with Crippen molar-refractivity contribution in [2.45, 2.75) is 36.0 Å².